The summed E-state index contributed by atoms with van der Waals surface area (Å²) in [4.78, 5) is 18.8. The van der Waals surface area contributed by atoms with Crippen molar-refractivity contribution in [2.24, 2.45) is 0 Å². The van der Waals surface area contributed by atoms with Crippen LogP contribution in [0.25, 0.3) is 11.7 Å². The normalized spacial score (nSPS) is 11.1. The van der Waals surface area contributed by atoms with E-state index in [1.807, 2.05) is 60.1 Å². The number of hydrogen-bond donors (Lipinski definition) is 0. The van der Waals surface area contributed by atoms with Crippen molar-refractivity contribution in [3.8, 4) is 11.5 Å². The van der Waals surface area contributed by atoms with Crippen molar-refractivity contribution >= 4 is 17.6 Å². The number of aromatic nitrogens is 2. The number of pyridine rings is 1. The molecule has 0 N–H and O–H groups in total. The fraction of sp³-hybridized carbons (Fsp3) is 0.238. The number of nitrogens with zero attached hydrogens (tertiary/aromatic N) is 3. The molecule has 0 spiro atoms. The molecule has 0 saturated carbocycles. The van der Waals surface area contributed by atoms with Crippen LogP contribution in [0, 0.1) is 0 Å². The number of imidazole rings is 1. The molecule has 0 bridgehead atoms. The maximum Gasteiger partial charge on any atom is 0.246 e. The molecule has 3 rings (SSSR count). The Bertz CT molecular complexity index is 962. The first-order valence-corrected chi connectivity index (χ1v) is 8.76. The van der Waals surface area contributed by atoms with E-state index in [0.29, 0.717) is 24.6 Å². The summed E-state index contributed by atoms with van der Waals surface area (Å²) < 4.78 is 12.5. The lowest BCUT2D eigenvalue weighted by Gasteiger charge is -2.18. The van der Waals surface area contributed by atoms with Gasteiger partial charge in [0.15, 0.2) is 11.5 Å². The van der Waals surface area contributed by atoms with Crippen LogP contribution in [0.3, 0.4) is 0 Å². The largest absolute Gasteiger partial charge is 0.493 e. The number of methoxy groups -OCH3 is 2. The maximum atomic E-state index is 12.6. The molecule has 0 aliphatic carbocycles. The zero-order valence-electron chi connectivity index (χ0n) is 15.8. The summed E-state index contributed by atoms with van der Waals surface area (Å²) in [6, 6.07) is 11.4. The van der Waals surface area contributed by atoms with E-state index in [9.17, 15) is 4.79 Å². The number of carbonyl (C=O) groups excluding carboxylic acids is 1. The van der Waals surface area contributed by atoms with E-state index in [2.05, 4.69) is 4.98 Å². The zero-order valence-corrected chi connectivity index (χ0v) is 15.8. The lowest BCUT2D eigenvalue weighted by Crippen LogP contribution is -2.29. The van der Waals surface area contributed by atoms with Crippen LogP contribution in [0.15, 0.2) is 54.9 Å². The number of ether oxygens (including phenoxy) is 2. The lowest BCUT2D eigenvalue weighted by atomic mass is 10.2. The van der Waals surface area contributed by atoms with Crippen LogP contribution in [-0.4, -0.2) is 41.0 Å². The van der Waals surface area contributed by atoms with Gasteiger partial charge < -0.3 is 18.8 Å². The molecule has 0 atom stereocenters. The first kappa shape index (κ1) is 18.5. The number of fused-ring (bicyclic) bond motifs is 1. The van der Waals surface area contributed by atoms with Crippen molar-refractivity contribution in [1.29, 1.82) is 0 Å². The van der Waals surface area contributed by atoms with Crippen LogP contribution < -0.4 is 9.47 Å². The number of likely N-dealkylation sites (N-methyl/N-ethyl adjacent to an activating group) is 1. The van der Waals surface area contributed by atoms with E-state index in [1.165, 1.54) is 0 Å². The van der Waals surface area contributed by atoms with Crippen LogP contribution in [0.4, 0.5) is 0 Å². The summed E-state index contributed by atoms with van der Waals surface area (Å²) in [7, 11) is 3.18. The van der Waals surface area contributed by atoms with Gasteiger partial charge in [-0.3, -0.25) is 4.79 Å². The fourth-order valence-corrected chi connectivity index (χ4v) is 2.87. The average molecular weight is 365 g/mol. The van der Waals surface area contributed by atoms with Crippen molar-refractivity contribution in [1.82, 2.24) is 14.3 Å². The molecule has 0 saturated heterocycles. The molecule has 1 aromatic carbocycles. The summed E-state index contributed by atoms with van der Waals surface area (Å²) in [6.45, 7) is 3.07. The summed E-state index contributed by atoms with van der Waals surface area (Å²) >= 11 is 0. The molecule has 0 unspecified atom stereocenters. The summed E-state index contributed by atoms with van der Waals surface area (Å²) in [5.41, 5.74) is 2.71. The van der Waals surface area contributed by atoms with E-state index < -0.39 is 0 Å². The molecule has 6 nitrogen and oxygen atoms in total. The van der Waals surface area contributed by atoms with Crippen LogP contribution in [0.2, 0.25) is 0 Å². The SMILES string of the molecule is CCN(Cc1cnc2ccccn12)C(=O)C=Cc1ccc(OC)c(OC)c1. The van der Waals surface area contributed by atoms with Crippen LogP contribution in [-0.2, 0) is 11.3 Å². The molecule has 1 amide bonds. The van der Waals surface area contributed by atoms with E-state index in [0.717, 1.165) is 16.9 Å². The van der Waals surface area contributed by atoms with Gasteiger partial charge in [0.1, 0.15) is 5.65 Å². The van der Waals surface area contributed by atoms with Gasteiger partial charge in [-0.05, 0) is 42.8 Å². The minimum atomic E-state index is -0.0573. The molecule has 27 heavy (non-hydrogen) atoms. The smallest absolute Gasteiger partial charge is 0.246 e. The molecule has 2 aromatic heterocycles. The molecular weight excluding hydrogens is 342 g/mol. The molecule has 0 aliphatic rings. The minimum Gasteiger partial charge on any atom is -0.493 e. The predicted octanol–water partition coefficient (Wildman–Crippen LogP) is 3.41. The Labute approximate surface area is 158 Å². The number of hydrogen-bond acceptors (Lipinski definition) is 4. The second-order valence-electron chi connectivity index (χ2n) is 5.98. The lowest BCUT2D eigenvalue weighted by molar-refractivity contribution is -0.126. The second kappa shape index (κ2) is 8.40. The third-order valence-corrected chi connectivity index (χ3v) is 4.37. The van der Waals surface area contributed by atoms with E-state index >= 15 is 0 Å². The van der Waals surface area contributed by atoms with Crippen molar-refractivity contribution in [3.63, 3.8) is 0 Å². The van der Waals surface area contributed by atoms with Crippen molar-refractivity contribution < 1.29 is 14.3 Å². The summed E-state index contributed by atoms with van der Waals surface area (Å²) in [6.07, 6.45) is 7.12. The number of rotatable bonds is 7. The van der Waals surface area contributed by atoms with Crippen molar-refractivity contribution in [2.45, 2.75) is 13.5 Å². The number of benzene rings is 1. The predicted molar refractivity (Wildman–Crippen MR) is 105 cm³/mol. The van der Waals surface area contributed by atoms with E-state index in [4.69, 9.17) is 9.47 Å². The van der Waals surface area contributed by atoms with Crippen molar-refractivity contribution in [3.05, 3.63) is 66.1 Å². The topological polar surface area (TPSA) is 56.1 Å². The summed E-state index contributed by atoms with van der Waals surface area (Å²) in [5, 5.41) is 0. The Morgan fingerprint density at radius 1 is 1.19 bits per heavy atom. The van der Waals surface area contributed by atoms with Gasteiger partial charge in [-0.2, -0.15) is 0 Å². The molecule has 0 aliphatic heterocycles. The first-order chi connectivity index (χ1) is 13.2. The van der Waals surface area contributed by atoms with Crippen LogP contribution in [0.1, 0.15) is 18.2 Å². The molecular formula is C21H23N3O3. The monoisotopic (exact) mass is 365 g/mol. The van der Waals surface area contributed by atoms with Gasteiger partial charge in [0.05, 0.1) is 32.7 Å². The highest BCUT2D eigenvalue weighted by molar-refractivity contribution is 5.91. The maximum absolute atomic E-state index is 12.6. The minimum absolute atomic E-state index is 0.0573. The molecule has 6 heteroatoms. The highest BCUT2D eigenvalue weighted by Crippen LogP contribution is 2.28. The van der Waals surface area contributed by atoms with E-state index in [-0.39, 0.29) is 5.91 Å². The first-order valence-electron chi connectivity index (χ1n) is 8.76. The Kier molecular flexibility index (Phi) is 5.76. The van der Waals surface area contributed by atoms with Gasteiger partial charge in [0.2, 0.25) is 5.91 Å². The average Bonchev–Trinajstić information content (AvgIpc) is 3.12. The van der Waals surface area contributed by atoms with Crippen LogP contribution in [0.5, 0.6) is 11.5 Å². The number of amides is 1. The second-order valence-corrected chi connectivity index (χ2v) is 5.98. The molecule has 140 valence electrons. The molecule has 3 aromatic rings. The van der Waals surface area contributed by atoms with Gasteiger partial charge in [-0.1, -0.05) is 12.1 Å². The van der Waals surface area contributed by atoms with Gasteiger partial charge in [0, 0.05) is 18.8 Å². The fourth-order valence-electron chi connectivity index (χ4n) is 2.87. The highest BCUT2D eigenvalue weighted by Gasteiger charge is 2.12. The molecule has 0 fully saturated rings. The standard InChI is InChI=1S/C21H23N3O3/c1-4-23(15-17-14-22-20-7-5-6-12-24(17)20)21(25)11-9-16-8-10-18(26-2)19(13-16)27-3/h5-14H,4,15H2,1-3H3. The third kappa shape index (κ3) is 4.11. The Morgan fingerprint density at radius 3 is 2.74 bits per heavy atom. The van der Waals surface area contributed by atoms with Crippen molar-refractivity contribution in [2.75, 3.05) is 20.8 Å². The zero-order chi connectivity index (χ0) is 19.2. The quantitative estimate of drug-likeness (QED) is 0.602. The highest BCUT2D eigenvalue weighted by atomic mass is 16.5. The Balaban J connectivity index is 1.74. The van der Waals surface area contributed by atoms with E-state index in [1.54, 1.807) is 31.3 Å². The molecule has 0 radical (unpaired) electrons. The third-order valence-electron chi connectivity index (χ3n) is 4.37. The van der Waals surface area contributed by atoms with Gasteiger partial charge in [-0.25, -0.2) is 4.98 Å². The summed E-state index contributed by atoms with van der Waals surface area (Å²) in [5.74, 6) is 1.23. The Morgan fingerprint density at radius 2 is 2.00 bits per heavy atom. The van der Waals surface area contributed by atoms with Crippen LogP contribution >= 0.6 is 0 Å². The number of carbonyl (C=O) groups is 1. The van der Waals surface area contributed by atoms with Gasteiger partial charge in [-0.15, -0.1) is 0 Å². The Hall–Kier alpha value is -3.28. The van der Waals surface area contributed by atoms with Gasteiger partial charge >= 0.3 is 0 Å². The molecule has 2 heterocycles. The van der Waals surface area contributed by atoms with Gasteiger partial charge in [0.25, 0.3) is 0 Å².